The van der Waals surface area contributed by atoms with Crippen molar-refractivity contribution in [1.82, 2.24) is 14.9 Å². The van der Waals surface area contributed by atoms with Gasteiger partial charge in [0.15, 0.2) is 9.84 Å². The minimum Gasteiger partial charge on any atom is -0.331 e. The van der Waals surface area contributed by atoms with Gasteiger partial charge in [-0.3, -0.25) is 0 Å². The molecule has 102 valence electrons. The van der Waals surface area contributed by atoms with Gasteiger partial charge in [0, 0.05) is 19.7 Å². The largest absolute Gasteiger partial charge is 0.331 e. The zero-order valence-electron chi connectivity index (χ0n) is 11.0. The van der Waals surface area contributed by atoms with Crippen LogP contribution in [-0.2, 0) is 23.3 Å². The zero-order valence-corrected chi connectivity index (χ0v) is 11.9. The smallest absolute Gasteiger partial charge is 0.177 e. The molecule has 2 heterocycles. The monoisotopic (exact) mass is 279 g/mol. The van der Waals surface area contributed by atoms with E-state index < -0.39 is 9.84 Å². The van der Waals surface area contributed by atoms with Crippen molar-refractivity contribution in [1.29, 1.82) is 0 Å². The lowest BCUT2D eigenvalue weighted by atomic mass is 9.99. The third-order valence-corrected chi connectivity index (χ3v) is 4.83. The van der Waals surface area contributed by atoms with Gasteiger partial charge < -0.3 is 9.88 Å². The average Bonchev–Trinajstić information content (AvgIpc) is 2.60. The van der Waals surface area contributed by atoms with E-state index in [-0.39, 0.29) is 0 Å². The topological polar surface area (TPSA) is 64.0 Å². The number of para-hydroxylation sites is 1. The van der Waals surface area contributed by atoms with Crippen LogP contribution in [0.5, 0.6) is 0 Å². The molecule has 2 aromatic rings. The third kappa shape index (κ3) is 2.15. The van der Waals surface area contributed by atoms with E-state index in [1.807, 2.05) is 17.7 Å². The molecule has 1 aromatic heterocycles. The van der Waals surface area contributed by atoms with Gasteiger partial charge in [-0.15, -0.1) is 0 Å². The predicted molar refractivity (Wildman–Crippen MR) is 73.9 cm³/mol. The Hall–Kier alpha value is -1.40. The van der Waals surface area contributed by atoms with Gasteiger partial charge in [0.2, 0.25) is 0 Å². The normalized spacial score (nSPS) is 16.7. The van der Waals surface area contributed by atoms with Gasteiger partial charge >= 0.3 is 0 Å². The lowest BCUT2D eigenvalue weighted by Gasteiger charge is -2.26. The highest BCUT2D eigenvalue weighted by Crippen LogP contribution is 2.24. The second-order valence-electron chi connectivity index (χ2n) is 5.21. The van der Waals surface area contributed by atoms with E-state index in [0.29, 0.717) is 16.3 Å². The van der Waals surface area contributed by atoms with E-state index >= 15 is 0 Å². The summed E-state index contributed by atoms with van der Waals surface area (Å²) in [5.41, 5.74) is 1.47. The lowest BCUT2D eigenvalue weighted by molar-refractivity contribution is 0.339. The highest BCUT2D eigenvalue weighted by molar-refractivity contribution is 7.91. The van der Waals surface area contributed by atoms with E-state index in [0.717, 1.165) is 30.9 Å². The van der Waals surface area contributed by atoms with Crippen LogP contribution < -0.4 is 5.32 Å². The summed E-state index contributed by atoms with van der Waals surface area (Å²) in [6.07, 6.45) is 2.12. The summed E-state index contributed by atoms with van der Waals surface area (Å²) in [5, 5.41) is 3.24. The number of nitrogens with zero attached hydrogens (tertiary/aromatic N) is 2. The first-order chi connectivity index (χ1) is 8.97. The molecule has 5 nitrogen and oxygen atoms in total. The van der Waals surface area contributed by atoms with Crippen LogP contribution in [0, 0.1) is 5.92 Å². The third-order valence-electron chi connectivity index (χ3n) is 3.70. The number of rotatable bonds is 3. The quantitative estimate of drug-likeness (QED) is 0.900. The van der Waals surface area contributed by atoms with Gasteiger partial charge in [0.1, 0.15) is 11.3 Å². The second kappa shape index (κ2) is 4.31. The van der Waals surface area contributed by atoms with Crippen molar-refractivity contribution >= 4 is 20.9 Å². The van der Waals surface area contributed by atoms with Crippen LogP contribution in [0.15, 0.2) is 23.1 Å². The van der Waals surface area contributed by atoms with Crippen molar-refractivity contribution < 1.29 is 8.42 Å². The molecule has 19 heavy (non-hydrogen) atoms. The van der Waals surface area contributed by atoms with Gasteiger partial charge in [-0.2, -0.15) is 0 Å². The van der Waals surface area contributed by atoms with Gasteiger partial charge in [0.25, 0.3) is 0 Å². The highest BCUT2D eigenvalue weighted by Gasteiger charge is 2.22. The van der Waals surface area contributed by atoms with Crippen LogP contribution in [0.4, 0.5) is 0 Å². The fourth-order valence-electron chi connectivity index (χ4n) is 2.47. The lowest BCUT2D eigenvalue weighted by Crippen LogP contribution is -2.43. The first-order valence-electron chi connectivity index (χ1n) is 6.32. The number of imidazole rings is 1. The summed E-state index contributed by atoms with van der Waals surface area (Å²) in [7, 11) is -1.29. The Morgan fingerprint density at radius 3 is 2.74 bits per heavy atom. The number of nitrogens with one attached hydrogen (secondary N) is 1. The minimum absolute atomic E-state index is 0.318. The molecule has 1 aromatic carbocycles. The maximum atomic E-state index is 11.8. The first-order valence-corrected chi connectivity index (χ1v) is 8.21. The maximum absolute atomic E-state index is 11.8. The second-order valence-corrected chi connectivity index (χ2v) is 7.20. The fraction of sp³-hybridized carbons (Fsp3) is 0.462. The number of hydrogen-bond acceptors (Lipinski definition) is 4. The molecule has 1 fully saturated rings. The van der Waals surface area contributed by atoms with E-state index in [2.05, 4.69) is 10.3 Å². The van der Waals surface area contributed by atoms with Crippen LogP contribution in [0.3, 0.4) is 0 Å². The van der Waals surface area contributed by atoms with Gasteiger partial charge in [-0.05, 0) is 31.1 Å². The minimum atomic E-state index is -3.24. The SMILES string of the molecule is Cn1c(CC2CNC2)nc2c(S(C)(=O)=O)cccc21. The summed E-state index contributed by atoms with van der Waals surface area (Å²) in [4.78, 5) is 4.87. The summed E-state index contributed by atoms with van der Waals surface area (Å²) < 4.78 is 25.6. The molecule has 6 heteroatoms. The number of aromatic nitrogens is 2. The molecule has 0 spiro atoms. The van der Waals surface area contributed by atoms with Gasteiger partial charge in [0.05, 0.1) is 10.4 Å². The van der Waals surface area contributed by atoms with Crippen LogP contribution in [0.1, 0.15) is 5.82 Å². The molecule has 1 aliphatic rings. The number of fused-ring (bicyclic) bond motifs is 1. The Morgan fingerprint density at radius 1 is 1.42 bits per heavy atom. The molecule has 0 radical (unpaired) electrons. The maximum Gasteiger partial charge on any atom is 0.177 e. The van der Waals surface area contributed by atoms with Gasteiger partial charge in [-0.25, -0.2) is 13.4 Å². The molecule has 3 rings (SSSR count). The van der Waals surface area contributed by atoms with E-state index in [4.69, 9.17) is 0 Å². The van der Waals surface area contributed by atoms with Crippen LogP contribution in [0.25, 0.3) is 11.0 Å². The molecular weight excluding hydrogens is 262 g/mol. The molecule has 0 amide bonds. The molecule has 0 atom stereocenters. The Bertz CT molecular complexity index is 730. The van der Waals surface area contributed by atoms with Crippen LogP contribution >= 0.6 is 0 Å². The molecule has 1 saturated heterocycles. The summed E-state index contributed by atoms with van der Waals surface area (Å²) in [6, 6.07) is 5.31. The number of aryl methyl sites for hydroxylation is 1. The van der Waals surface area contributed by atoms with Crippen LogP contribution in [-0.4, -0.2) is 37.3 Å². The Balaban J connectivity index is 2.14. The molecule has 0 bridgehead atoms. The van der Waals surface area contributed by atoms with Crippen molar-refractivity contribution in [2.24, 2.45) is 13.0 Å². The summed E-state index contributed by atoms with van der Waals surface area (Å²) in [5.74, 6) is 1.56. The van der Waals surface area contributed by atoms with Crippen molar-refractivity contribution in [3.63, 3.8) is 0 Å². The van der Waals surface area contributed by atoms with Gasteiger partial charge in [-0.1, -0.05) is 6.07 Å². The van der Waals surface area contributed by atoms with Crippen molar-refractivity contribution in [2.75, 3.05) is 19.3 Å². The number of sulfone groups is 1. The number of benzene rings is 1. The summed E-state index contributed by atoms with van der Waals surface area (Å²) >= 11 is 0. The fourth-order valence-corrected chi connectivity index (χ4v) is 3.30. The van der Waals surface area contributed by atoms with Crippen molar-refractivity contribution in [3.8, 4) is 0 Å². The van der Waals surface area contributed by atoms with Crippen LogP contribution in [0.2, 0.25) is 0 Å². The number of hydrogen-bond donors (Lipinski definition) is 1. The molecule has 0 unspecified atom stereocenters. The first kappa shape index (κ1) is 12.6. The van der Waals surface area contributed by atoms with E-state index in [9.17, 15) is 8.42 Å². The molecule has 0 saturated carbocycles. The molecule has 1 aliphatic heterocycles. The highest BCUT2D eigenvalue weighted by atomic mass is 32.2. The molecule has 0 aliphatic carbocycles. The standard InChI is InChI=1S/C13H17N3O2S/c1-16-10-4-3-5-11(19(2,17)18)13(10)15-12(16)6-9-7-14-8-9/h3-5,9,14H,6-8H2,1-2H3. The average molecular weight is 279 g/mol. The Kier molecular flexibility index (Phi) is 2.87. The molecule has 1 N–H and O–H groups in total. The zero-order chi connectivity index (χ0) is 13.6. The van der Waals surface area contributed by atoms with Crippen molar-refractivity contribution in [3.05, 3.63) is 24.0 Å². The Morgan fingerprint density at radius 2 is 2.16 bits per heavy atom. The summed E-state index contributed by atoms with van der Waals surface area (Å²) in [6.45, 7) is 2.03. The van der Waals surface area contributed by atoms with E-state index in [1.165, 1.54) is 6.26 Å². The van der Waals surface area contributed by atoms with E-state index in [1.54, 1.807) is 12.1 Å². The predicted octanol–water partition coefficient (Wildman–Crippen LogP) is 0.739. The molecular formula is C13H17N3O2S. The Labute approximate surface area is 112 Å². The van der Waals surface area contributed by atoms with Crippen molar-refractivity contribution in [2.45, 2.75) is 11.3 Å².